The van der Waals surface area contributed by atoms with Gasteiger partial charge in [-0.25, -0.2) is 4.79 Å². The number of ether oxygens (including phenoxy) is 2. The van der Waals surface area contributed by atoms with E-state index in [9.17, 15) is 9.59 Å². The van der Waals surface area contributed by atoms with Crippen molar-refractivity contribution in [3.63, 3.8) is 0 Å². The third kappa shape index (κ3) is 2.39. The van der Waals surface area contributed by atoms with Crippen molar-refractivity contribution in [2.24, 2.45) is 0 Å². The van der Waals surface area contributed by atoms with Crippen molar-refractivity contribution in [3.05, 3.63) is 16.3 Å². The van der Waals surface area contributed by atoms with Gasteiger partial charge in [-0.15, -0.1) is 11.3 Å². The van der Waals surface area contributed by atoms with Gasteiger partial charge in [0, 0.05) is 6.61 Å². The number of rotatable bonds is 3. The maximum Gasteiger partial charge on any atom is 0.350 e. The maximum atomic E-state index is 12.1. The van der Waals surface area contributed by atoms with E-state index in [1.165, 1.54) is 18.4 Å². The molecule has 5 nitrogen and oxygen atoms in total. The van der Waals surface area contributed by atoms with Crippen LogP contribution < -0.4 is 5.32 Å². The average molecular weight is 269 g/mol. The molecule has 1 aromatic rings. The molecule has 0 aromatic carbocycles. The van der Waals surface area contributed by atoms with Gasteiger partial charge >= 0.3 is 5.97 Å². The van der Waals surface area contributed by atoms with Crippen LogP contribution in [0, 0.1) is 0 Å². The zero-order valence-corrected chi connectivity index (χ0v) is 11.1. The summed E-state index contributed by atoms with van der Waals surface area (Å²) in [5.41, 5.74) is -0.316. The zero-order valence-electron chi connectivity index (χ0n) is 10.3. The number of carbonyl (C=O) groups is 2. The van der Waals surface area contributed by atoms with Crippen molar-refractivity contribution in [3.8, 4) is 0 Å². The molecule has 0 saturated carbocycles. The van der Waals surface area contributed by atoms with Crippen molar-refractivity contribution < 1.29 is 19.1 Å². The molecule has 18 heavy (non-hydrogen) atoms. The molecule has 6 heteroatoms. The van der Waals surface area contributed by atoms with Gasteiger partial charge in [-0.05, 0) is 31.2 Å². The summed E-state index contributed by atoms with van der Waals surface area (Å²) in [7, 11) is 1.31. The number of amides is 1. The van der Waals surface area contributed by atoms with E-state index < -0.39 is 11.6 Å². The van der Waals surface area contributed by atoms with E-state index >= 15 is 0 Å². The minimum absolute atomic E-state index is 0.219. The number of carbonyl (C=O) groups excluding carboxylic acids is 2. The first kappa shape index (κ1) is 13.0. The number of methoxy groups -OCH3 is 1. The summed E-state index contributed by atoms with van der Waals surface area (Å²) in [5, 5.41) is 4.47. The monoisotopic (exact) mass is 269 g/mol. The first-order valence-corrected chi connectivity index (χ1v) is 6.56. The molecular formula is C12H15NO4S. The lowest BCUT2D eigenvalue weighted by Crippen LogP contribution is -2.39. The fraction of sp³-hybridized carbons (Fsp3) is 0.500. The summed E-state index contributed by atoms with van der Waals surface area (Å²) >= 11 is 1.24. The van der Waals surface area contributed by atoms with Crippen LogP contribution >= 0.6 is 11.3 Å². The molecule has 98 valence electrons. The Morgan fingerprint density at radius 1 is 1.56 bits per heavy atom. The van der Waals surface area contributed by atoms with Crippen LogP contribution in [0.25, 0.3) is 0 Å². The number of hydrogen-bond donors (Lipinski definition) is 1. The minimum atomic E-state index is -0.796. The van der Waals surface area contributed by atoms with Crippen LogP contribution in [0.2, 0.25) is 0 Å². The molecule has 0 radical (unpaired) electrons. The Morgan fingerprint density at radius 3 is 2.94 bits per heavy atom. The smallest absolute Gasteiger partial charge is 0.350 e. The second kappa shape index (κ2) is 5.07. The highest BCUT2D eigenvalue weighted by atomic mass is 32.1. The molecular weight excluding hydrogens is 254 g/mol. The molecule has 1 amide bonds. The van der Waals surface area contributed by atoms with Crippen LogP contribution in [0.15, 0.2) is 11.4 Å². The standard InChI is InChI=1S/C12H15NO4S/c1-12(5-3-6-17-12)11(15)13-8-4-7-18-9(8)10(14)16-2/h4,7H,3,5-6H2,1-2H3,(H,13,15). The Bertz CT molecular complexity index is 462. The van der Waals surface area contributed by atoms with Gasteiger partial charge in [0.15, 0.2) is 0 Å². The quantitative estimate of drug-likeness (QED) is 0.853. The molecule has 1 aliphatic rings. The number of esters is 1. The number of hydrogen-bond acceptors (Lipinski definition) is 5. The lowest BCUT2D eigenvalue weighted by Gasteiger charge is -2.21. The fourth-order valence-electron chi connectivity index (χ4n) is 1.87. The highest BCUT2D eigenvalue weighted by Crippen LogP contribution is 2.29. The second-order valence-electron chi connectivity index (χ2n) is 4.29. The molecule has 1 atom stereocenters. The van der Waals surface area contributed by atoms with Gasteiger partial charge in [0.1, 0.15) is 10.5 Å². The van der Waals surface area contributed by atoms with Gasteiger partial charge in [-0.1, -0.05) is 0 Å². The third-order valence-electron chi connectivity index (χ3n) is 2.98. The molecule has 0 aliphatic carbocycles. The molecule has 2 heterocycles. The summed E-state index contributed by atoms with van der Waals surface area (Å²) in [6, 6.07) is 1.69. The van der Waals surface area contributed by atoms with Crippen LogP contribution in [0.4, 0.5) is 5.69 Å². The number of thiophene rings is 1. The number of anilines is 1. The summed E-state index contributed by atoms with van der Waals surface area (Å²) in [5.74, 6) is -0.665. The third-order valence-corrected chi connectivity index (χ3v) is 3.88. The molecule has 0 spiro atoms. The van der Waals surface area contributed by atoms with Crippen LogP contribution in [0.5, 0.6) is 0 Å². The minimum Gasteiger partial charge on any atom is -0.465 e. The van der Waals surface area contributed by atoms with E-state index in [0.29, 0.717) is 23.6 Å². The predicted octanol–water partition coefficient (Wildman–Crippen LogP) is 2.04. The summed E-state index contributed by atoms with van der Waals surface area (Å²) in [4.78, 5) is 24.0. The van der Waals surface area contributed by atoms with Crippen LogP contribution in [0.3, 0.4) is 0 Å². The van der Waals surface area contributed by atoms with Crippen molar-refractivity contribution in [1.29, 1.82) is 0 Å². The van der Waals surface area contributed by atoms with Gasteiger partial charge in [0.05, 0.1) is 12.8 Å². The number of nitrogens with one attached hydrogen (secondary N) is 1. The van der Waals surface area contributed by atoms with E-state index in [2.05, 4.69) is 10.1 Å². The normalized spacial score (nSPS) is 22.8. The summed E-state index contributed by atoms with van der Waals surface area (Å²) in [6.45, 7) is 2.36. The summed E-state index contributed by atoms with van der Waals surface area (Å²) < 4.78 is 10.1. The highest BCUT2D eigenvalue weighted by molar-refractivity contribution is 7.12. The van der Waals surface area contributed by atoms with E-state index in [-0.39, 0.29) is 5.91 Å². The molecule has 1 saturated heterocycles. The molecule has 0 bridgehead atoms. The van der Waals surface area contributed by atoms with Crippen LogP contribution in [0.1, 0.15) is 29.4 Å². The Hall–Kier alpha value is -1.40. The largest absolute Gasteiger partial charge is 0.465 e. The van der Waals surface area contributed by atoms with Crippen molar-refractivity contribution in [2.75, 3.05) is 19.0 Å². The van der Waals surface area contributed by atoms with Gasteiger partial charge in [0.2, 0.25) is 0 Å². The molecule has 1 aromatic heterocycles. The summed E-state index contributed by atoms with van der Waals surface area (Å²) in [6.07, 6.45) is 1.56. The topological polar surface area (TPSA) is 64.6 Å². The van der Waals surface area contributed by atoms with E-state index in [0.717, 1.165) is 6.42 Å². The maximum absolute atomic E-state index is 12.1. The second-order valence-corrected chi connectivity index (χ2v) is 5.21. The first-order valence-electron chi connectivity index (χ1n) is 5.68. The lowest BCUT2D eigenvalue weighted by molar-refractivity contribution is -0.133. The SMILES string of the molecule is COC(=O)c1sccc1NC(=O)C1(C)CCCO1. The average Bonchev–Trinajstić information content (AvgIpc) is 2.98. The molecule has 1 aliphatic heterocycles. The molecule has 1 N–H and O–H groups in total. The molecule has 1 unspecified atom stereocenters. The van der Waals surface area contributed by atoms with Gasteiger partial charge in [-0.2, -0.15) is 0 Å². The van der Waals surface area contributed by atoms with Gasteiger partial charge in [-0.3, -0.25) is 4.79 Å². The van der Waals surface area contributed by atoms with Gasteiger partial charge < -0.3 is 14.8 Å². The first-order chi connectivity index (χ1) is 8.57. The predicted molar refractivity (Wildman–Crippen MR) is 67.9 cm³/mol. The lowest BCUT2D eigenvalue weighted by atomic mass is 10.0. The van der Waals surface area contributed by atoms with Gasteiger partial charge in [0.25, 0.3) is 5.91 Å². The fourth-order valence-corrected chi connectivity index (χ4v) is 2.64. The Kier molecular flexibility index (Phi) is 3.68. The van der Waals surface area contributed by atoms with Crippen molar-refractivity contribution >= 4 is 28.9 Å². The Balaban J connectivity index is 2.12. The van der Waals surface area contributed by atoms with E-state index in [1.807, 2.05) is 0 Å². The molecule has 2 rings (SSSR count). The van der Waals surface area contributed by atoms with Crippen molar-refractivity contribution in [2.45, 2.75) is 25.4 Å². The Labute approximate surface area is 109 Å². The van der Waals surface area contributed by atoms with E-state index in [4.69, 9.17) is 4.74 Å². The van der Waals surface area contributed by atoms with Crippen LogP contribution in [-0.4, -0.2) is 31.2 Å². The Morgan fingerprint density at radius 2 is 2.33 bits per heavy atom. The van der Waals surface area contributed by atoms with Crippen molar-refractivity contribution in [1.82, 2.24) is 0 Å². The van der Waals surface area contributed by atoms with Crippen LogP contribution in [-0.2, 0) is 14.3 Å². The molecule has 1 fully saturated rings. The zero-order chi connectivity index (χ0) is 13.2. The van der Waals surface area contributed by atoms with E-state index in [1.54, 1.807) is 18.4 Å². The highest BCUT2D eigenvalue weighted by Gasteiger charge is 2.38.